The van der Waals surface area contributed by atoms with Crippen LogP contribution in [0.3, 0.4) is 0 Å². The van der Waals surface area contributed by atoms with Gasteiger partial charge < -0.3 is 10.5 Å². The molecule has 0 aliphatic heterocycles. The van der Waals surface area contributed by atoms with Crippen LogP contribution in [0.25, 0.3) is 0 Å². The summed E-state index contributed by atoms with van der Waals surface area (Å²) in [6, 6.07) is 0. The molecule has 0 radical (unpaired) electrons. The van der Waals surface area contributed by atoms with Crippen LogP contribution in [-0.4, -0.2) is 18.5 Å². The van der Waals surface area contributed by atoms with Crippen molar-refractivity contribution < 1.29 is 14.3 Å². The Morgan fingerprint density at radius 3 is 2.12 bits per heavy atom. The molecule has 0 saturated heterocycles. The van der Waals surface area contributed by atoms with E-state index in [1.165, 1.54) is 0 Å². The summed E-state index contributed by atoms with van der Waals surface area (Å²) in [5, 5.41) is 0. The molecule has 0 aromatic heterocycles. The van der Waals surface area contributed by atoms with E-state index in [1.807, 2.05) is 13.8 Å². The molecule has 0 atom stereocenters. The maximum atomic E-state index is 11.9. The van der Waals surface area contributed by atoms with Gasteiger partial charge in [0.15, 0.2) is 0 Å². The largest absolute Gasteiger partial charge is 0.392 e. The van der Waals surface area contributed by atoms with Crippen LogP contribution in [0.1, 0.15) is 52.9 Å². The van der Waals surface area contributed by atoms with Gasteiger partial charge in [0.2, 0.25) is 0 Å². The van der Waals surface area contributed by atoms with Crippen molar-refractivity contribution in [3.8, 4) is 0 Å². The molecule has 94 valence electrons. The zero-order valence-electron chi connectivity index (χ0n) is 10.5. The fourth-order valence-corrected chi connectivity index (χ4v) is 1.76. The van der Waals surface area contributed by atoms with Crippen LogP contribution >= 0.6 is 0 Å². The summed E-state index contributed by atoms with van der Waals surface area (Å²) in [4.78, 5) is 22.9. The van der Waals surface area contributed by atoms with Crippen molar-refractivity contribution in [1.29, 1.82) is 0 Å². The first-order valence-electron chi connectivity index (χ1n) is 6.01. The van der Waals surface area contributed by atoms with E-state index in [2.05, 4.69) is 6.92 Å². The molecule has 0 amide bonds. The second kappa shape index (κ2) is 7.39. The Balaban J connectivity index is 4.61. The van der Waals surface area contributed by atoms with Gasteiger partial charge in [-0.2, -0.15) is 0 Å². The molecule has 0 unspecified atom stereocenters. The monoisotopic (exact) mass is 229 g/mol. The molecular formula is C12H23NO3. The molecule has 0 rings (SSSR count). The zero-order chi connectivity index (χ0) is 12.6. The van der Waals surface area contributed by atoms with Gasteiger partial charge >= 0.3 is 11.9 Å². The highest BCUT2D eigenvalue weighted by Crippen LogP contribution is 2.34. The summed E-state index contributed by atoms with van der Waals surface area (Å²) in [6.45, 7) is 5.73. The topological polar surface area (TPSA) is 69.4 Å². The molecule has 0 aliphatic rings. The predicted octanol–water partition coefficient (Wildman–Crippen LogP) is 2.01. The first kappa shape index (κ1) is 15.1. The van der Waals surface area contributed by atoms with E-state index in [0.29, 0.717) is 12.8 Å². The number of rotatable bonds is 7. The van der Waals surface area contributed by atoms with Crippen molar-refractivity contribution >= 4 is 11.9 Å². The molecule has 0 spiro atoms. The Bertz CT molecular complexity index is 234. The fraction of sp³-hybridized carbons (Fsp3) is 0.833. The minimum Gasteiger partial charge on any atom is -0.392 e. The molecule has 16 heavy (non-hydrogen) atoms. The third-order valence-electron chi connectivity index (χ3n) is 3.17. The third kappa shape index (κ3) is 3.93. The number of hydrogen-bond acceptors (Lipinski definition) is 4. The predicted molar refractivity (Wildman–Crippen MR) is 62.7 cm³/mol. The lowest BCUT2D eigenvalue weighted by molar-refractivity contribution is -0.167. The van der Waals surface area contributed by atoms with Crippen molar-refractivity contribution in [2.45, 2.75) is 52.9 Å². The molecule has 4 heteroatoms. The van der Waals surface area contributed by atoms with E-state index < -0.39 is 17.4 Å². The van der Waals surface area contributed by atoms with E-state index in [1.54, 1.807) is 0 Å². The minimum absolute atomic E-state index is 0.247. The molecule has 0 aromatic rings. The van der Waals surface area contributed by atoms with Crippen LogP contribution in [0.15, 0.2) is 0 Å². The summed E-state index contributed by atoms with van der Waals surface area (Å²) in [5.74, 6) is -1.06. The van der Waals surface area contributed by atoms with Crippen LogP contribution in [0, 0.1) is 5.41 Å². The standard InChI is InChI=1S/C12H23NO3/c1-4-7-8-12(5-2,6-3)11(15)16-10(14)9-13/h4-9,13H2,1-3H3. The average molecular weight is 229 g/mol. The summed E-state index contributed by atoms with van der Waals surface area (Å²) in [5.41, 5.74) is 4.61. The van der Waals surface area contributed by atoms with E-state index in [-0.39, 0.29) is 6.54 Å². The third-order valence-corrected chi connectivity index (χ3v) is 3.17. The number of nitrogens with two attached hydrogens (primary N) is 1. The summed E-state index contributed by atoms with van der Waals surface area (Å²) in [7, 11) is 0. The Kier molecular flexibility index (Phi) is 6.97. The molecule has 0 bridgehead atoms. The maximum absolute atomic E-state index is 11.9. The Labute approximate surface area is 97.5 Å². The number of esters is 2. The zero-order valence-corrected chi connectivity index (χ0v) is 10.5. The van der Waals surface area contributed by atoms with Crippen LogP contribution in [0.2, 0.25) is 0 Å². The van der Waals surface area contributed by atoms with Gasteiger partial charge in [0.05, 0.1) is 12.0 Å². The van der Waals surface area contributed by atoms with Crippen molar-refractivity contribution in [2.75, 3.05) is 6.54 Å². The lowest BCUT2D eigenvalue weighted by Gasteiger charge is -2.28. The van der Waals surface area contributed by atoms with E-state index >= 15 is 0 Å². The lowest BCUT2D eigenvalue weighted by atomic mass is 9.78. The first-order valence-corrected chi connectivity index (χ1v) is 6.01. The Morgan fingerprint density at radius 1 is 1.19 bits per heavy atom. The Hall–Kier alpha value is -0.900. The second-order valence-corrected chi connectivity index (χ2v) is 4.06. The van der Waals surface area contributed by atoms with Gasteiger partial charge in [-0.25, -0.2) is 0 Å². The van der Waals surface area contributed by atoms with E-state index in [4.69, 9.17) is 10.5 Å². The first-order chi connectivity index (χ1) is 7.56. The summed E-state index contributed by atoms with van der Waals surface area (Å²) < 4.78 is 4.74. The van der Waals surface area contributed by atoms with E-state index in [0.717, 1.165) is 19.3 Å². The van der Waals surface area contributed by atoms with Crippen molar-refractivity contribution in [1.82, 2.24) is 0 Å². The molecule has 0 aromatic carbocycles. The van der Waals surface area contributed by atoms with Gasteiger partial charge in [0.1, 0.15) is 0 Å². The molecule has 0 saturated carbocycles. The summed E-state index contributed by atoms with van der Waals surface area (Å²) >= 11 is 0. The number of unbranched alkanes of at least 4 members (excludes halogenated alkanes) is 1. The van der Waals surface area contributed by atoms with Crippen molar-refractivity contribution in [2.24, 2.45) is 11.1 Å². The quantitative estimate of drug-likeness (QED) is 0.535. The van der Waals surface area contributed by atoms with Crippen LogP contribution in [0.4, 0.5) is 0 Å². The fourth-order valence-electron chi connectivity index (χ4n) is 1.76. The molecule has 0 fully saturated rings. The Morgan fingerprint density at radius 2 is 1.75 bits per heavy atom. The van der Waals surface area contributed by atoms with Crippen LogP contribution in [-0.2, 0) is 14.3 Å². The van der Waals surface area contributed by atoms with Gasteiger partial charge in [0, 0.05) is 0 Å². The number of ether oxygens (including phenoxy) is 1. The lowest BCUT2D eigenvalue weighted by Crippen LogP contribution is -2.35. The SMILES string of the molecule is CCCCC(CC)(CC)C(=O)OC(=O)CN. The summed E-state index contributed by atoms with van der Waals surface area (Å²) in [6.07, 6.45) is 4.15. The molecule has 0 heterocycles. The average Bonchev–Trinajstić information content (AvgIpc) is 2.31. The molecule has 2 N–H and O–H groups in total. The van der Waals surface area contributed by atoms with E-state index in [9.17, 15) is 9.59 Å². The van der Waals surface area contributed by atoms with Gasteiger partial charge in [-0.1, -0.05) is 33.6 Å². The van der Waals surface area contributed by atoms with Crippen LogP contribution < -0.4 is 5.73 Å². The van der Waals surface area contributed by atoms with Crippen molar-refractivity contribution in [3.63, 3.8) is 0 Å². The molecule has 4 nitrogen and oxygen atoms in total. The second-order valence-electron chi connectivity index (χ2n) is 4.06. The normalized spacial score (nSPS) is 11.2. The molecular weight excluding hydrogens is 206 g/mol. The van der Waals surface area contributed by atoms with Gasteiger partial charge in [-0.05, 0) is 19.3 Å². The number of carbonyl (C=O) groups is 2. The van der Waals surface area contributed by atoms with Crippen molar-refractivity contribution in [3.05, 3.63) is 0 Å². The minimum atomic E-state index is -0.646. The number of hydrogen-bond donors (Lipinski definition) is 1. The smallest absolute Gasteiger partial charge is 0.327 e. The highest BCUT2D eigenvalue weighted by molar-refractivity contribution is 5.89. The highest BCUT2D eigenvalue weighted by Gasteiger charge is 2.36. The molecule has 0 aliphatic carbocycles. The van der Waals surface area contributed by atoms with Gasteiger partial charge in [0.25, 0.3) is 0 Å². The van der Waals surface area contributed by atoms with Gasteiger partial charge in [-0.15, -0.1) is 0 Å². The number of carbonyl (C=O) groups excluding carboxylic acids is 2. The maximum Gasteiger partial charge on any atom is 0.327 e. The van der Waals surface area contributed by atoms with Crippen LogP contribution in [0.5, 0.6) is 0 Å². The van der Waals surface area contributed by atoms with Gasteiger partial charge in [-0.3, -0.25) is 9.59 Å². The highest BCUT2D eigenvalue weighted by atomic mass is 16.6.